The van der Waals surface area contributed by atoms with Crippen LogP contribution in [0.15, 0.2) is 30.3 Å². The summed E-state index contributed by atoms with van der Waals surface area (Å²) in [6.07, 6.45) is 4.93. The van der Waals surface area contributed by atoms with E-state index in [4.69, 9.17) is 0 Å². The molecule has 0 spiro atoms. The van der Waals surface area contributed by atoms with Crippen LogP contribution in [0.2, 0.25) is 0 Å². The van der Waals surface area contributed by atoms with E-state index in [-0.39, 0.29) is 6.03 Å². The van der Waals surface area contributed by atoms with Gasteiger partial charge in [0.2, 0.25) is 0 Å². The average molecular weight is 301 g/mol. The Morgan fingerprint density at radius 3 is 2.41 bits per heavy atom. The van der Waals surface area contributed by atoms with Gasteiger partial charge in [-0.1, -0.05) is 38.0 Å². The van der Waals surface area contributed by atoms with E-state index in [2.05, 4.69) is 41.4 Å². The zero-order chi connectivity index (χ0) is 15.4. The number of para-hydroxylation sites is 1. The van der Waals surface area contributed by atoms with Gasteiger partial charge < -0.3 is 15.1 Å². The molecule has 1 aromatic carbocycles. The fourth-order valence-electron chi connectivity index (χ4n) is 3.59. The Morgan fingerprint density at radius 2 is 1.73 bits per heavy atom. The van der Waals surface area contributed by atoms with Crippen molar-refractivity contribution < 1.29 is 4.79 Å². The molecule has 22 heavy (non-hydrogen) atoms. The molecule has 0 radical (unpaired) electrons. The number of piperazine rings is 1. The molecule has 1 aromatic rings. The van der Waals surface area contributed by atoms with Crippen LogP contribution in [0.5, 0.6) is 0 Å². The lowest BCUT2D eigenvalue weighted by Gasteiger charge is -2.38. The highest BCUT2D eigenvalue weighted by atomic mass is 16.2. The summed E-state index contributed by atoms with van der Waals surface area (Å²) >= 11 is 0. The first-order chi connectivity index (χ1) is 10.7. The average Bonchev–Trinajstić information content (AvgIpc) is 2.58. The van der Waals surface area contributed by atoms with E-state index in [0.717, 1.165) is 32.6 Å². The van der Waals surface area contributed by atoms with Gasteiger partial charge in [0.05, 0.1) is 0 Å². The summed E-state index contributed by atoms with van der Waals surface area (Å²) in [4.78, 5) is 16.8. The van der Waals surface area contributed by atoms with E-state index in [0.29, 0.717) is 12.0 Å². The number of urea groups is 1. The van der Waals surface area contributed by atoms with E-state index in [1.54, 1.807) is 0 Å². The molecular formula is C18H27N3O. The number of benzene rings is 1. The summed E-state index contributed by atoms with van der Waals surface area (Å²) in [5.41, 5.74) is 1.25. The fraction of sp³-hybridized carbons (Fsp3) is 0.611. The number of carbonyl (C=O) groups is 1. The minimum absolute atomic E-state index is 0.131. The van der Waals surface area contributed by atoms with E-state index in [1.165, 1.54) is 24.9 Å². The number of hydrogen-bond donors (Lipinski definition) is 1. The van der Waals surface area contributed by atoms with Gasteiger partial charge in [0.1, 0.15) is 0 Å². The molecule has 1 aliphatic heterocycles. The van der Waals surface area contributed by atoms with Crippen molar-refractivity contribution in [3.05, 3.63) is 30.3 Å². The molecule has 2 amide bonds. The summed E-state index contributed by atoms with van der Waals surface area (Å²) in [5.74, 6) is 0.614. The number of nitrogens with zero attached hydrogens (tertiary/aromatic N) is 2. The molecule has 120 valence electrons. The van der Waals surface area contributed by atoms with Crippen LogP contribution in [-0.4, -0.2) is 43.2 Å². The van der Waals surface area contributed by atoms with E-state index < -0.39 is 0 Å². The standard InChI is InChI=1S/C18H27N3O/c1-15-7-5-6-10-17(15)19-18(22)21-13-11-20(12-14-21)16-8-3-2-4-9-16/h2-4,8-9,15,17H,5-7,10-14H2,1H3,(H,19,22)/t15-,17-/m1/s1. The molecule has 2 atom stereocenters. The second-order valence-corrected chi connectivity index (χ2v) is 6.63. The lowest BCUT2D eigenvalue weighted by Crippen LogP contribution is -2.54. The third-order valence-corrected chi connectivity index (χ3v) is 5.11. The fourth-order valence-corrected chi connectivity index (χ4v) is 3.59. The van der Waals surface area contributed by atoms with Crippen LogP contribution >= 0.6 is 0 Å². The highest BCUT2D eigenvalue weighted by Crippen LogP contribution is 2.24. The zero-order valence-corrected chi connectivity index (χ0v) is 13.5. The minimum Gasteiger partial charge on any atom is -0.368 e. The second-order valence-electron chi connectivity index (χ2n) is 6.63. The van der Waals surface area contributed by atoms with Crippen LogP contribution < -0.4 is 10.2 Å². The maximum absolute atomic E-state index is 12.5. The van der Waals surface area contributed by atoms with Crippen molar-refractivity contribution >= 4 is 11.7 Å². The van der Waals surface area contributed by atoms with Crippen molar-refractivity contribution in [2.45, 2.75) is 38.6 Å². The SMILES string of the molecule is C[C@@H]1CCCC[C@H]1NC(=O)N1CCN(c2ccccc2)CC1. The zero-order valence-electron chi connectivity index (χ0n) is 13.5. The Balaban J connectivity index is 1.49. The number of rotatable bonds is 2. The van der Waals surface area contributed by atoms with E-state index in [1.807, 2.05) is 11.0 Å². The number of carbonyl (C=O) groups excluding carboxylic acids is 1. The quantitative estimate of drug-likeness (QED) is 0.911. The summed E-state index contributed by atoms with van der Waals surface area (Å²) < 4.78 is 0. The lowest BCUT2D eigenvalue weighted by molar-refractivity contribution is 0.179. The monoisotopic (exact) mass is 301 g/mol. The number of anilines is 1. The molecule has 2 aliphatic rings. The van der Waals surface area contributed by atoms with Crippen LogP contribution in [0.25, 0.3) is 0 Å². The van der Waals surface area contributed by atoms with Crippen molar-refractivity contribution in [2.75, 3.05) is 31.1 Å². The summed E-state index contributed by atoms with van der Waals surface area (Å²) in [6.45, 7) is 5.70. The first-order valence-electron chi connectivity index (χ1n) is 8.59. The van der Waals surface area contributed by atoms with Crippen molar-refractivity contribution in [3.8, 4) is 0 Å². The minimum atomic E-state index is 0.131. The molecule has 0 aromatic heterocycles. The van der Waals surface area contributed by atoms with Crippen LogP contribution in [-0.2, 0) is 0 Å². The van der Waals surface area contributed by atoms with Gasteiger partial charge in [0, 0.05) is 37.9 Å². The van der Waals surface area contributed by atoms with Gasteiger partial charge >= 0.3 is 6.03 Å². The molecule has 4 nitrogen and oxygen atoms in total. The van der Waals surface area contributed by atoms with E-state index in [9.17, 15) is 4.79 Å². The van der Waals surface area contributed by atoms with Crippen LogP contribution in [0, 0.1) is 5.92 Å². The topological polar surface area (TPSA) is 35.6 Å². The van der Waals surface area contributed by atoms with Crippen molar-refractivity contribution in [1.29, 1.82) is 0 Å². The molecule has 1 saturated heterocycles. The number of amides is 2. The Labute approximate surface area is 133 Å². The molecule has 1 N–H and O–H groups in total. The molecule has 0 unspecified atom stereocenters. The molecule has 1 saturated carbocycles. The van der Waals surface area contributed by atoms with Crippen molar-refractivity contribution in [1.82, 2.24) is 10.2 Å². The molecular weight excluding hydrogens is 274 g/mol. The van der Waals surface area contributed by atoms with Crippen LogP contribution in [0.1, 0.15) is 32.6 Å². The van der Waals surface area contributed by atoms with Crippen LogP contribution in [0.3, 0.4) is 0 Å². The normalized spacial score (nSPS) is 25.9. The number of nitrogens with one attached hydrogen (secondary N) is 1. The molecule has 2 fully saturated rings. The Kier molecular flexibility index (Phi) is 4.86. The van der Waals surface area contributed by atoms with Gasteiger partial charge in [-0.15, -0.1) is 0 Å². The summed E-state index contributed by atoms with van der Waals surface area (Å²) in [5, 5.41) is 3.26. The molecule has 1 heterocycles. The van der Waals surface area contributed by atoms with E-state index >= 15 is 0 Å². The highest BCUT2D eigenvalue weighted by molar-refractivity contribution is 5.75. The Morgan fingerprint density at radius 1 is 1.05 bits per heavy atom. The van der Waals surface area contributed by atoms with Crippen LogP contribution in [0.4, 0.5) is 10.5 Å². The van der Waals surface area contributed by atoms with Gasteiger partial charge in [0.15, 0.2) is 0 Å². The van der Waals surface area contributed by atoms with Gasteiger partial charge in [-0.3, -0.25) is 0 Å². The Bertz CT molecular complexity index is 482. The van der Waals surface area contributed by atoms with Crippen molar-refractivity contribution in [2.24, 2.45) is 5.92 Å². The maximum Gasteiger partial charge on any atom is 0.317 e. The van der Waals surface area contributed by atoms with Gasteiger partial charge in [-0.25, -0.2) is 4.79 Å². The Hall–Kier alpha value is -1.71. The first kappa shape index (κ1) is 15.2. The highest BCUT2D eigenvalue weighted by Gasteiger charge is 2.26. The van der Waals surface area contributed by atoms with Gasteiger partial charge in [-0.05, 0) is 30.9 Å². The molecule has 3 rings (SSSR count). The smallest absolute Gasteiger partial charge is 0.317 e. The second kappa shape index (κ2) is 7.03. The lowest BCUT2D eigenvalue weighted by atomic mass is 9.86. The maximum atomic E-state index is 12.5. The summed E-state index contributed by atoms with van der Waals surface area (Å²) in [7, 11) is 0. The van der Waals surface area contributed by atoms with Gasteiger partial charge in [-0.2, -0.15) is 0 Å². The largest absolute Gasteiger partial charge is 0.368 e. The van der Waals surface area contributed by atoms with Gasteiger partial charge in [0.25, 0.3) is 0 Å². The van der Waals surface area contributed by atoms with Crippen molar-refractivity contribution in [3.63, 3.8) is 0 Å². The third-order valence-electron chi connectivity index (χ3n) is 5.11. The third kappa shape index (κ3) is 3.54. The predicted octanol–water partition coefficient (Wildman–Crippen LogP) is 3.10. The molecule has 1 aliphatic carbocycles. The number of hydrogen-bond acceptors (Lipinski definition) is 2. The predicted molar refractivity (Wildman–Crippen MR) is 90.2 cm³/mol. The molecule has 4 heteroatoms. The first-order valence-corrected chi connectivity index (χ1v) is 8.59. The summed E-state index contributed by atoms with van der Waals surface area (Å²) in [6, 6.07) is 11.0. The molecule has 0 bridgehead atoms.